The minimum Gasteiger partial charge on any atom is -0.290 e. The average molecular weight is 137 g/mol. The molecule has 1 aliphatic heterocycles. The highest BCUT2D eigenvalue weighted by molar-refractivity contribution is 8.05. The van der Waals surface area contributed by atoms with Crippen molar-refractivity contribution in [2.75, 3.05) is 0 Å². The molecule has 1 fully saturated rings. The van der Waals surface area contributed by atoms with E-state index in [4.69, 9.17) is 0 Å². The van der Waals surface area contributed by atoms with Crippen LogP contribution in [0.3, 0.4) is 0 Å². The summed E-state index contributed by atoms with van der Waals surface area (Å²) < 4.78 is 0. The summed E-state index contributed by atoms with van der Waals surface area (Å²) in [6.45, 7) is 0. The van der Waals surface area contributed by atoms with Gasteiger partial charge in [-0.3, -0.25) is 5.32 Å². The van der Waals surface area contributed by atoms with E-state index in [1.807, 2.05) is 0 Å². The summed E-state index contributed by atoms with van der Waals surface area (Å²) in [6.07, 6.45) is 7.54. The molecule has 1 aliphatic carbocycles. The lowest BCUT2D eigenvalue weighted by Crippen LogP contribution is -2.20. The number of nitrogens with one attached hydrogen (secondary N) is 1. The summed E-state index contributed by atoms with van der Waals surface area (Å²) in [5.74, 6) is 3.02. The van der Waals surface area contributed by atoms with Crippen molar-refractivity contribution in [1.82, 2.24) is 5.32 Å². The van der Waals surface area contributed by atoms with Gasteiger partial charge in [0.2, 0.25) is 0 Å². The number of rotatable bonds is 0. The predicted octanol–water partition coefficient (Wildman–Crippen LogP) is 1.53. The van der Waals surface area contributed by atoms with Gasteiger partial charge in [-0.05, 0) is 6.42 Å². The van der Waals surface area contributed by atoms with Crippen LogP contribution in [0.2, 0.25) is 0 Å². The van der Waals surface area contributed by atoms with Crippen LogP contribution in [0, 0.1) is 5.88 Å². The van der Waals surface area contributed by atoms with Crippen molar-refractivity contribution in [2.45, 2.75) is 12.5 Å². The van der Waals surface area contributed by atoms with Gasteiger partial charge in [0.1, 0.15) is 5.88 Å². The van der Waals surface area contributed by atoms with Crippen molar-refractivity contribution < 1.29 is 0 Å². The van der Waals surface area contributed by atoms with Gasteiger partial charge in [0.05, 0.1) is 0 Å². The van der Waals surface area contributed by atoms with E-state index in [0.717, 1.165) is 6.42 Å². The molecule has 2 rings (SSSR count). The standard InChI is InChI=1S/C7H7NS/c1-2-4-7-6(3-1)8-5-9-7/h1-2,4,6,8H,3H2. The molecule has 0 aromatic heterocycles. The third kappa shape index (κ3) is 0.926. The van der Waals surface area contributed by atoms with Gasteiger partial charge in [-0.1, -0.05) is 18.2 Å². The zero-order valence-electron chi connectivity index (χ0n) is 4.92. The van der Waals surface area contributed by atoms with Gasteiger partial charge in [-0.2, -0.15) is 0 Å². The minimum atomic E-state index is 0.542. The van der Waals surface area contributed by atoms with Crippen molar-refractivity contribution in [3.8, 4) is 0 Å². The van der Waals surface area contributed by atoms with Gasteiger partial charge in [0.15, 0.2) is 0 Å². The van der Waals surface area contributed by atoms with E-state index in [2.05, 4.69) is 29.4 Å². The first kappa shape index (κ1) is 5.57. The van der Waals surface area contributed by atoms with Crippen LogP contribution in [-0.2, 0) is 0 Å². The third-order valence-corrected chi connectivity index (χ3v) is 2.39. The van der Waals surface area contributed by atoms with Gasteiger partial charge in [0.25, 0.3) is 0 Å². The Morgan fingerprint density at radius 1 is 1.78 bits per heavy atom. The van der Waals surface area contributed by atoms with Crippen molar-refractivity contribution in [2.24, 2.45) is 0 Å². The molecule has 0 spiro atoms. The zero-order valence-corrected chi connectivity index (χ0v) is 5.74. The predicted molar refractivity (Wildman–Crippen MR) is 39.6 cm³/mol. The maximum atomic E-state index is 3.15. The number of hydrogen-bond donors (Lipinski definition) is 1. The van der Waals surface area contributed by atoms with Crippen molar-refractivity contribution in [3.63, 3.8) is 0 Å². The van der Waals surface area contributed by atoms with Gasteiger partial charge in [0, 0.05) is 10.9 Å². The first-order valence-corrected chi connectivity index (χ1v) is 3.82. The molecule has 1 nitrogen and oxygen atoms in total. The van der Waals surface area contributed by atoms with E-state index < -0.39 is 0 Å². The normalized spacial score (nSPS) is 32.0. The molecular weight excluding hydrogens is 130 g/mol. The number of thioether (sulfide) groups is 1. The monoisotopic (exact) mass is 137 g/mol. The maximum absolute atomic E-state index is 3.15. The Hall–Kier alpha value is -0.210. The summed E-state index contributed by atoms with van der Waals surface area (Å²) in [7, 11) is 0. The number of hydrogen-bond acceptors (Lipinski definition) is 2. The van der Waals surface area contributed by atoms with Crippen LogP contribution in [0.25, 0.3) is 0 Å². The summed E-state index contributed by atoms with van der Waals surface area (Å²) in [5, 5.41) is 3.15. The van der Waals surface area contributed by atoms with E-state index >= 15 is 0 Å². The fraction of sp³-hybridized carbons (Fsp3) is 0.286. The van der Waals surface area contributed by atoms with E-state index in [9.17, 15) is 0 Å². The molecule has 0 amide bonds. The first-order valence-electron chi connectivity index (χ1n) is 3.01. The smallest absolute Gasteiger partial charge is 0.131 e. The maximum Gasteiger partial charge on any atom is 0.131 e. The largest absolute Gasteiger partial charge is 0.290 e. The lowest BCUT2D eigenvalue weighted by Gasteiger charge is -2.10. The molecule has 1 heterocycles. The highest BCUT2D eigenvalue weighted by Crippen LogP contribution is 2.32. The third-order valence-electron chi connectivity index (χ3n) is 1.51. The fourth-order valence-corrected chi connectivity index (χ4v) is 1.77. The minimum absolute atomic E-state index is 0.542. The van der Waals surface area contributed by atoms with Crippen LogP contribution in [0.4, 0.5) is 0 Å². The second-order valence-corrected chi connectivity index (χ2v) is 3.01. The van der Waals surface area contributed by atoms with E-state index in [-0.39, 0.29) is 0 Å². The number of allylic oxidation sites excluding steroid dienone is 2. The molecule has 46 valence electrons. The lowest BCUT2D eigenvalue weighted by molar-refractivity contribution is 0.702. The van der Waals surface area contributed by atoms with Gasteiger partial charge in [-0.15, -0.1) is 11.8 Å². The zero-order chi connectivity index (χ0) is 6.10. The van der Waals surface area contributed by atoms with Crippen LogP contribution in [0.5, 0.6) is 0 Å². The first-order chi connectivity index (χ1) is 4.47. The van der Waals surface area contributed by atoms with Crippen molar-refractivity contribution >= 4 is 11.8 Å². The SMILES string of the molecule is [C]1NC2CC=CC=C2S1. The van der Waals surface area contributed by atoms with Gasteiger partial charge in [-0.25, -0.2) is 0 Å². The molecule has 9 heavy (non-hydrogen) atoms. The van der Waals surface area contributed by atoms with Crippen molar-refractivity contribution in [1.29, 1.82) is 0 Å². The lowest BCUT2D eigenvalue weighted by atomic mass is 10.1. The molecule has 0 saturated carbocycles. The topological polar surface area (TPSA) is 12.0 Å². The Kier molecular flexibility index (Phi) is 1.36. The molecule has 1 unspecified atom stereocenters. The molecule has 1 N–H and O–H groups in total. The average Bonchev–Trinajstić information content (AvgIpc) is 2.33. The Balaban J connectivity index is 2.23. The van der Waals surface area contributed by atoms with Crippen LogP contribution >= 0.6 is 11.8 Å². The van der Waals surface area contributed by atoms with E-state index in [1.54, 1.807) is 11.8 Å². The van der Waals surface area contributed by atoms with E-state index in [1.165, 1.54) is 4.91 Å². The highest BCUT2D eigenvalue weighted by Gasteiger charge is 2.21. The second kappa shape index (κ2) is 2.20. The quantitative estimate of drug-likeness (QED) is 0.543. The highest BCUT2D eigenvalue weighted by atomic mass is 32.2. The van der Waals surface area contributed by atoms with Crippen LogP contribution < -0.4 is 5.32 Å². The number of fused-ring (bicyclic) bond motifs is 1. The summed E-state index contributed by atoms with van der Waals surface area (Å²) in [4.78, 5) is 1.40. The second-order valence-electron chi connectivity index (χ2n) is 2.13. The molecule has 0 aromatic rings. The van der Waals surface area contributed by atoms with E-state index in [0.29, 0.717) is 6.04 Å². The van der Waals surface area contributed by atoms with Crippen LogP contribution in [0.1, 0.15) is 6.42 Å². The van der Waals surface area contributed by atoms with Crippen LogP contribution in [0.15, 0.2) is 23.1 Å². The molecule has 1 atom stereocenters. The molecule has 1 saturated heterocycles. The fourth-order valence-electron chi connectivity index (χ4n) is 1.00. The van der Waals surface area contributed by atoms with Crippen LogP contribution in [-0.4, -0.2) is 6.04 Å². The molecular formula is C7H7NS. The van der Waals surface area contributed by atoms with Crippen molar-refractivity contribution in [3.05, 3.63) is 29.0 Å². The Morgan fingerprint density at radius 3 is 3.67 bits per heavy atom. The van der Waals surface area contributed by atoms with Gasteiger partial charge >= 0.3 is 0 Å². The molecule has 2 heteroatoms. The molecule has 0 aromatic carbocycles. The summed E-state index contributed by atoms with van der Waals surface area (Å²) in [5.41, 5.74) is 0. The Morgan fingerprint density at radius 2 is 2.78 bits per heavy atom. The summed E-state index contributed by atoms with van der Waals surface area (Å²) >= 11 is 1.68. The molecule has 2 radical (unpaired) electrons. The Bertz CT molecular complexity index is 172. The molecule has 2 aliphatic rings. The summed E-state index contributed by atoms with van der Waals surface area (Å²) in [6, 6.07) is 0.542. The Labute approximate surface area is 59.2 Å². The molecule has 0 bridgehead atoms. The van der Waals surface area contributed by atoms with Gasteiger partial charge < -0.3 is 0 Å².